The predicted molar refractivity (Wildman–Crippen MR) is 105 cm³/mol. The first kappa shape index (κ1) is 22.5. The number of hydrogen-bond donors (Lipinski definition) is 6. The molecule has 2 heterocycles. The Morgan fingerprint density at radius 1 is 1.03 bits per heavy atom. The number of hydrogen-bond acceptors (Lipinski definition) is 12. The number of carbonyl (C=O) groups excluding carboxylic acids is 2. The number of benzene rings is 2. The molecular formula is C21H20O12. The van der Waals surface area contributed by atoms with Gasteiger partial charge in [-0.25, -0.2) is 9.59 Å². The monoisotopic (exact) mass is 464 g/mol. The van der Waals surface area contributed by atoms with Gasteiger partial charge in [0, 0.05) is 5.56 Å². The fourth-order valence-electron chi connectivity index (χ4n) is 3.83. The van der Waals surface area contributed by atoms with Crippen molar-refractivity contribution in [3.05, 3.63) is 41.0 Å². The van der Waals surface area contributed by atoms with Gasteiger partial charge in [0.05, 0.1) is 18.2 Å². The van der Waals surface area contributed by atoms with Crippen molar-refractivity contribution in [3.63, 3.8) is 0 Å². The van der Waals surface area contributed by atoms with Crippen LogP contribution >= 0.6 is 0 Å². The van der Waals surface area contributed by atoms with E-state index in [0.29, 0.717) is 0 Å². The average Bonchev–Trinajstić information content (AvgIpc) is 2.78. The number of methoxy groups -OCH3 is 1. The van der Waals surface area contributed by atoms with Gasteiger partial charge in [0.1, 0.15) is 31.0 Å². The maximum Gasteiger partial charge on any atom is 0.339 e. The molecule has 0 bridgehead atoms. The second-order valence-corrected chi connectivity index (χ2v) is 7.49. The molecule has 5 atom stereocenters. The summed E-state index contributed by atoms with van der Waals surface area (Å²) in [5.41, 5.74) is -0.452. The molecule has 12 nitrogen and oxygen atoms in total. The van der Waals surface area contributed by atoms with Gasteiger partial charge in [0.15, 0.2) is 29.1 Å². The third-order valence-corrected chi connectivity index (χ3v) is 5.50. The van der Waals surface area contributed by atoms with Gasteiger partial charge in [-0.15, -0.1) is 0 Å². The Hall–Kier alpha value is -3.74. The number of phenols is 4. The van der Waals surface area contributed by atoms with Crippen molar-refractivity contribution in [2.45, 2.75) is 30.5 Å². The van der Waals surface area contributed by atoms with Crippen LogP contribution in [0, 0.1) is 0 Å². The van der Waals surface area contributed by atoms with Crippen molar-refractivity contribution in [1.82, 2.24) is 0 Å². The quantitative estimate of drug-likeness (QED) is 0.264. The van der Waals surface area contributed by atoms with E-state index in [4.69, 9.17) is 18.9 Å². The van der Waals surface area contributed by atoms with Crippen LogP contribution in [0.25, 0.3) is 0 Å². The van der Waals surface area contributed by atoms with E-state index in [2.05, 4.69) is 0 Å². The second kappa shape index (κ2) is 8.31. The minimum Gasteiger partial charge on any atom is -0.504 e. The first-order chi connectivity index (χ1) is 15.6. The fourth-order valence-corrected chi connectivity index (χ4v) is 3.83. The van der Waals surface area contributed by atoms with Crippen molar-refractivity contribution in [2.24, 2.45) is 0 Å². The first-order valence-corrected chi connectivity index (χ1v) is 9.68. The van der Waals surface area contributed by atoms with Crippen LogP contribution in [-0.2, 0) is 14.2 Å². The minimum absolute atomic E-state index is 0.0937. The number of carbonyl (C=O) groups is 2. The summed E-state index contributed by atoms with van der Waals surface area (Å²) in [5, 5.41) is 60.4. The Morgan fingerprint density at radius 2 is 1.76 bits per heavy atom. The Labute approximate surface area is 185 Å². The van der Waals surface area contributed by atoms with Gasteiger partial charge in [0.2, 0.25) is 5.75 Å². The van der Waals surface area contributed by atoms with E-state index >= 15 is 0 Å². The second-order valence-electron chi connectivity index (χ2n) is 7.49. The summed E-state index contributed by atoms with van der Waals surface area (Å²) in [6, 6.07) is 4.28. The number of aliphatic hydroxyl groups excluding tert-OH is 2. The summed E-state index contributed by atoms with van der Waals surface area (Å²) < 4.78 is 21.0. The highest BCUT2D eigenvalue weighted by Crippen LogP contribution is 2.49. The topological polar surface area (TPSA) is 192 Å². The van der Waals surface area contributed by atoms with Crippen LogP contribution in [0.2, 0.25) is 0 Å². The zero-order chi connectivity index (χ0) is 24.0. The van der Waals surface area contributed by atoms with Gasteiger partial charge in [-0.3, -0.25) is 0 Å². The normalized spacial score (nSPS) is 26.0. The molecule has 6 N–H and O–H groups in total. The third kappa shape index (κ3) is 3.73. The summed E-state index contributed by atoms with van der Waals surface area (Å²) in [6.45, 7) is -0.554. The van der Waals surface area contributed by atoms with Crippen molar-refractivity contribution in [2.75, 3.05) is 13.7 Å². The fraction of sp³-hybridized carbons (Fsp3) is 0.333. The van der Waals surface area contributed by atoms with Crippen LogP contribution in [0.15, 0.2) is 24.3 Å². The molecule has 2 aliphatic heterocycles. The molecule has 1 fully saturated rings. The molecule has 0 amide bonds. The standard InChI is InChI=1S/C21H20O12/c1-30-17-11(24)5-8-13(15(17)26)18-19(33-21(8)29)16(27)14(25)12(32-18)6-31-20(28)7-2-3-9(22)10(23)4-7/h2-5,12,14,16,18-19,22-27H,6H2,1H3/t12-,14-,16+,18?,19?/m1/s1. The molecule has 0 aliphatic carbocycles. The highest BCUT2D eigenvalue weighted by Gasteiger charge is 2.52. The molecule has 0 radical (unpaired) electrons. The van der Waals surface area contributed by atoms with Crippen molar-refractivity contribution in [1.29, 1.82) is 0 Å². The Bertz CT molecular complexity index is 1110. The molecule has 4 rings (SSSR count). The molecule has 2 aliphatic rings. The van der Waals surface area contributed by atoms with E-state index < -0.39 is 72.1 Å². The number of aliphatic hydroxyl groups is 2. The van der Waals surface area contributed by atoms with Crippen LogP contribution in [0.1, 0.15) is 32.4 Å². The maximum atomic E-state index is 12.4. The lowest BCUT2D eigenvalue weighted by Gasteiger charge is -2.44. The number of rotatable bonds is 4. The predicted octanol–water partition coefficient (Wildman–Crippen LogP) is 0.0753. The van der Waals surface area contributed by atoms with E-state index in [9.17, 15) is 40.2 Å². The molecule has 0 saturated carbocycles. The summed E-state index contributed by atoms with van der Waals surface area (Å²) in [7, 11) is 1.18. The molecule has 2 unspecified atom stereocenters. The number of phenolic OH excluding ortho intramolecular Hbond substituents is 4. The van der Waals surface area contributed by atoms with Crippen molar-refractivity contribution < 1.29 is 59.2 Å². The average molecular weight is 464 g/mol. The van der Waals surface area contributed by atoms with Crippen LogP contribution in [-0.4, -0.2) is 80.7 Å². The Balaban J connectivity index is 1.60. The minimum atomic E-state index is -1.67. The largest absolute Gasteiger partial charge is 0.504 e. The summed E-state index contributed by atoms with van der Waals surface area (Å²) in [5.74, 6) is -4.32. The van der Waals surface area contributed by atoms with Crippen molar-refractivity contribution in [3.8, 4) is 28.7 Å². The van der Waals surface area contributed by atoms with Gasteiger partial charge in [-0.05, 0) is 24.3 Å². The summed E-state index contributed by atoms with van der Waals surface area (Å²) in [4.78, 5) is 24.6. The lowest BCUT2D eigenvalue weighted by molar-refractivity contribution is -0.235. The van der Waals surface area contributed by atoms with Crippen LogP contribution in [0.3, 0.4) is 0 Å². The maximum absolute atomic E-state index is 12.4. The highest BCUT2D eigenvalue weighted by atomic mass is 16.6. The SMILES string of the molecule is COc1c(O)cc2c(c1O)C1O[C@H](COC(=O)c3ccc(O)c(O)c3)[C@@H](O)[C@H](O)C1OC2=O. The van der Waals surface area contributed by atoms with Gasteiger partial charge in [-0.1, -0.05) is 0 Å². The zero-order valence-corrected chi connectivity index (χ0v) is 17.0. The van der Waals surface area contributed by atoms with Gasteiger partial charge < -0.3 is 49.6 Å². The van der Waals surface area contributed by atoms with E-state index in [1.807, 2.05) is 0 Å². The van der Waals surface area contributed by atoms with Gasteiger partial charge in [0.25, 0.3) is 0 Å². The molecule has 176 valence electrons. The number of ether oxygens (including phenoxy) is 4. The highest BCUT2D eigenvalue weighted by molar-refractivity contribution is 5.95. The van der Waals surface area contributed by atoms with Crippen LogP contribution < -0.4 is 4.74 Å². The van der Waals surface area contributed by atoms with Crippen LogP contribution in [0.5, 0.6) is 28.7 Å². The molecular weight excluding hydrogens is 444 g/mol. The molecule has 2 aromatic rings. The smallest absolute Gasteiger partial charge is 0.339 e. The number of esters is 2. The summed E-state index contributed by atoms with van der Waals surface area (Å²) >= 11 is 0. The lowest BCUT2D eigenvalue weighted by Crippen LogP contribution is -2.58. The van der Waals surface area contributed by atoms with E-state index in [0.717, 1.165) is 18.2 Å². The van der Waals surface area contributed by atoms with Gasteiger partial charge >= 0.3 is 11.9 Å². The van der Waals surface area contributed by atoms with E-state index in [-0.39, 0.29) is 22.4 Å². The molecule has 33 heavy (non-hydrogen) atoms. The summed E-state index contributed by atoms with van der Waals surface area (Å²) in [6.07, 6.45) is -7.29. The van der Waals surface area contributed by atoms with Gasteiger partial charge in [-0.2, -0.15) is 0 Å². The zero-order valence-electron chi connectivity index (χ0n) is 17.0. The Morgan fingerprint density at radius 3 is 2.42 bits per heavy atom. The molecule has 2 aromatic carbocycles. The lowest BCUT2D eigenvalue weighted by atomic mass is 9.86. The van der Waals surface area contributed by atoms with E-state index in [1.165, 1.54) is 13.2 Å². The molecule has 0 spiro atoms. The van der Waals surface area contributed by atoms with Crippen LogP contribution in [0.4, 0.5) is 0 Å². The van der Waals surface area contributed by atoms with Crippen molar-refractivity contribution >= 4 is 11.9 Å². The molecule has 0 aromatic heterocycles. The Kier molecular flexibility index (Phi) is 5.66. The molecule has 12 heteroatoms. The number of fused-ring (bicyclic) bond motifs is 3. The number of aromatic hydroxyl groups is 4. The molecule has 1 saturated heterocycles. The third-order valence-electron chi connectivity index (χ3n) is 5.50. The first-order valence-electron chi connectivity index (χ1n) is 9.68. The van der Waals surface area contributed by atoms with E-state index in [1.54, 1.807) is 0 Å².